The van der Waals surface area contributed by atoms with Crippen LogP contribution in [0.1, 0.15) is 44.6 Å². The summed E-state index contributed by atoms with van der Waals surface area (Å²) in [5.41, 5.74) is 1.48. The standard InChI is InChI=1S/C18H28N4O2S.HI/c1-2-20-17(22-12-11-18(14-22)9-3-4-10-18)21-13-15-5-7-16(8-6-15)25(19,23)24;/h5-8H,2-4,9-14H2,1H3,(H,20,21)(H2,19,23,24);1H. The topological polar surface area (TPSA) is 87.8 Å². The summed E-state index contributed by atoms with van der Waals surface area (Å²) in [6, 6.07) is 6.62. The van der Waals surface area contributed by atoms with E-state index in [-0.39, 0.29) is 28.9 Å². The molecule has 0 atom stereocenters. The minimum Gasteiger partial charge on any atom is -0.357 e. The molecule has 3 rings (SSSR count). The molecule has 0 aromatic heterocycles. The highest BCUT2D eigenvalue weighted by Crippen LogP contribution is 2.45. The van der Waals surface area contributed by atoms with Gasteiger partial charge in [-0.05, 0) is 49.3 Å². The summed E-state index contributed by atoms with van der Waals surface area (Å²) in [5, 5.41) is 8.53. The second-order valence-corrected chi connectivity index (χ2v) is 8.80. The number of guanidine groups is 1. The van der Waals surface area contributed by atoms with Crippen molar-refractivity contribution >= 4 is 40.0 Å². The van der Waals surface area contributed by atoms with Crippen LogP contribution in [0.2, 0.25) is 0 Å². The van der Waals surface area contributed by atoms with Crippen LogP contribution in [0.5, 0.6) is 0 Å². The molecule has 26 heavy (non-hydrogen) atoms. The normalized spacial score (nSPS) is 19.6. The number of aliphatic imine (C=N–C) groups is 1. The van der Waals surface area contributed by atoms with Crippen molar-refractivity contribution in [1.29, 1.82) is 0 Å². The number of benzene rings is 1. The van der Waals surface area contributed by atoms with Crippen molar-refractivity contribution in [2.75, 3.05) is 19.6 Å². The second kappa shape index (κ2) is 8.88. The van der Waals surface area contributed by atoms with Gasteiger partial charge in [0.05, 0.1) is 11.4 Å². The van der Waals surface area contributed by atoms with Crippen LogP contribution in [0.3, 0.4) is 0 Å². The number of primary sulfonamides is 1. The highest BCUT2D eigenvalue weighted by atomic mass is 127. The Morgan fingerprint density at radius 3 is 2.46 bits per heavy atom. The van der Waals surface area contributed by atoms with Gasteiger partial charge in [-0.3, -0.25) is 0 Å². The van der Waals surface area contributed by atoms with Gasteiger partial charge < -0.3 is 10.2 Å². The molecule has 146 valence electrons. The molecule has 1 spiro atoms. The number of hydrogen-bond donors (Lipinski definition) is 2. The molecule has 0 amide bonds. The molecule has 3 N–H and O–H groups in total. The van der Waals surface area contributed by atoms with Gasteiger partial charge in [-0.15, -0.1) is 24.0 Å². The van der Waals surface area contributed by atoms with Gasteiger partial charge in [0.15, 0.2) is 5.96 Å². The van der Waals surface area contributed by atoms with Crippen LogP contribution in [0, 0.1) is 5.41 Å². The minimum absolute atomic E-state index is 0. The van der Waals surface area contributed by atoms with Crippen LogP contribution in [0.15, 0.2) is 34.2 Å². The first-order valence-corrected chi connectivity index (χ1v) is 10.6. The summed E-state index contributed by atoms with van der Waals surface area (Å²) < 4.78 is 22.7. The molecule has 1 aromatic rings. The third-order valence-electron chi connectivity index (χ3n) is 5.40. The molecule has 1 aliphatic carbocycles. The zero-order valence-electron chi connectivity index (χ0n) is 15.3. The molecule has 1 saturated heterocycles. The fraction of sp³-hybridized carbons (Fsp3) is 0.611. The van der Waals surface area contributed by atoms with E-state index >= 15 is 0 Å². The van der Waals surface area contributed by atoms with Crippen molar-refractivity contribution in [3.05, 3.63) is 29.8 Å². The van der Waals surface area contributed by atoms with E-state index in [9.17, 15) is 8.42 Å². The van der Waals surface area contributed by atoms with Crippen molar-refractivity contribution in [2.24, 2.45) is 15.5 Å². The molecule has 6 nitrogen and oxygen atoms in total. The van der Waals surface area contributed by atoms with Crippen LogP contribution >= 0.6 is 24.0 Å². The number of hydrogen-bond acceptors (Lipinski definition) is 3. The zero-order chi connectivity index (χ0) is 17.9. The number of likely N-dealkylation sites (tertiary alicyclic amines) is 1. The molecular formula is C18H29IN4O2S. The molecular weight excluding hydrogens is 463 g/mol. The molecule has 0 bridgehead atoms. The predicted octanol–water partition coefficient (Wildman–Crippen LogP) is 2.68. The molecule has 8 heteroatoms. The lowest BCUT2D eigenvalue weighted by Crippen LogP contribution is -2.41. The third-order valence-corrected chi connectivity index (χ3v) is 6.33. The zero-order valence-corrected chi connectivity index (χ0v) is 18.4. The highest BCUT2D eigenvalue weighted by molar-refractivity contribution is 14.0. The molecule has 0 unspecified atom stereocenters. The van der Waals surface area contributed by atoms with Crippen molar-refractivity contribution in [3.8, 4) is 0 Å². The van der Waals surface area contributed by atoms with Crippen LogP contribution in [-0.2, 0) is 16.6 Å². The maximum atomic E-state index is 11.3. The molecule has 1 aromatic carbocycles. The molecule has 2 fully saturated rings. The number of halogens is 1. The van der Waals surface area contributed by atoms with Crippen LogP contribution in [0.4, 0.5) is 0 Å². The summed E-state index contributed by atoms with van der Waals surface area (Å²) in [7, 11) is -3.64. The lowest BCUT2D eigenvalue weighted by Gasteiger charge is -2.26. The second-order valence-electron chi connectivity index (χ2n) is 7.24. The number of rotatable bonds is 4. The number of sulfonamides is 1. The monoisotopic (exact) mass is 492 g/mol. The number of nitrogens with zero attached hydrogens (tertiary/aromatic N) is 2. The Kier molecular flexibility index (Phi) is 7.32. The Balaban J connectivity index is 0.00000243. The molecule has 1 heterocycles. The molecule has 1 aliphatic heterocycles. The number of nitrogens with one attached hydrogen (secondary N) is 1. The Morgan fingerprint density at radius 1 is 1.23 bits per heavy atom. The molecule has 1 saturated carbocycles. The quantitative estimate of drug-likeness (QED) is 0.385. The summed E-state index contributed by atoms with van der Waals surface area (Å²) in [5.74, 6) is 0.960. The van der Waals surface area contributed by atoms with E-state index < -0.39 is 10.0 Å². The molecule has 0 radical (unpaired) electrons. The van der Waals surface area contributed by atoms with Gasteiger partial charge in [-0.2, -0.15) is 0 Å². The first-order chi connectivity index (χ1) is 11.9. The van der Waals surface area contributed by atoms with Crippen molar-refractivity contribution < 1.29 is 8.42 Å². The van der Waals surface area contributed by atoms with Crippen molar-refractivity contribution in [3.63, 3.8) is 0 Å². The summed E-state index contributed by atoms with van der Waals surface area (Å²) in [4.78, 5) is 7.28. The lowest BCUT2D eigenvalue weighted by molar-refractivity contribution is 0.309. The first kappa shape index (κ1) is 21.4. The lowest BCUT2D eigenvalue weighted by atomic mass is 9.86. The van der Waals surface area contributed by atoms with Crippen LogP contribution in [-0.4, -0.2) is 38.9 Å². The molecule has 2 aliphatic rings. The third kappa shape index (κ3) is 5.10. The maximum absolute atomic E-state index is 11.3. The first-order valence-electron chi connectivity index (χ1n) is 9.07. The van der Waals surface area contributed by atoms with Gasteiger partial charge in [0, 0.05) is 19.6 Å². The largest absolute Gasteiger partial charge is 0.357 e. The SMILES string of the molecule is CCNC(=NCc1ccc(S(N)(=O)=O)cc1)N1CCC2(CCCC2)C1.I. The maximum Gasteiger partial charge on any atom is 0.238 e. The Labute approximate surface area is 173 Å². The van der Waals surface area contributed by atoms with Gasteiger partial charge in [0.25, 0.3) is 0 Å². The van der Waals surface area contributed by atoms with E-state index in [0.29, 0.717) is 12.0 Å². The summed E-state index contributed by atoms with van der Waals surface area (Å²) >= 11 is 0. The minimum atomic E-state index is -3.64. The summed E-state index contributed by atoms with van der Waals surface area (Å²) in [6.45, 7) is 5.61. The van der Waals surface area contributed by atoms with E-state index in [1.54, 1.807) is 12.1 Å². The summed E-state index contributed by atoms with van der Waals surface area (Å²) in [6.07, 6.45) is 6.67. The van der Waals surface area contributed by atoms with Gasteiger partial charge >= 0.3 is 0 Å². The van der Waals surface area contributed by atoms with Gasteiger partial charge in [0.1, 0.15) is 0 Å². The van der Waals surface area contributed by atoms with Crippen molar-refractivity contribution in [1.82, 2.24) is 10.2 Å². The Morgan fingerprint density at radius 2 is 1.88 bits per heavy atom. The Bertz CT molecular complexity index is 728. The van der Waals surface area contributed by atoms with E-state index in [0.717, 1.165) is 31.2 Å². The van der Waals surface area contributed by atoms with Gasteiger partial charge in [-0.25, -0.2) is 18.5 Å². The van der Waals surface area contributed by atoms with E-state index in [2.05, 4.69) is 17.1 Å². The number of nitrogens with two attached hydrogens (primary N) is 1. The fourth-order valence-electron chi connectivity index (χ4n) is 4.03. The van der Waals surface area contributed by atoms with Crippen LogP contribution < -0.4 is 10.5 Å². The van der Waals surface area contributed by atoms with E-state index in [1.165, 1.54) is 44.2 Å². The van der Waals surface area contributed by atoms with Crippen LogP contribution in [0.25, 0.3) is 0 Å². The highest BCUT2D eigenvalue weighted by Gasteiger charge is 2.41. The average Bonchev–Trinajstić information content (AvgIpc) is 3.21. The fourth-order valence-corrected chi connectivity index (χ4v) is 4.54. The van der Waals surface area contributed by atoms with E-state index in [4.69, 9.17) is 10.1 Å². The van der Waals surface area contributed by atoms with E-state index in [1.807, 2.05) is 0 Å². The van der Waals surface area contributed by atoms with Gasteiger partial charge in [-0.1, -0.05) is 25.0 Å². The Hall–Kier alpha value is -0.870. The smallest absolute Gasteiger partial charge is 0.238 e. The average molecular weight is 492 g/mol. The predicted molar refractivity (Wildman–Crippen MR) is 115 cm³/mol. The van der Waals surface area contributed by atoms with Crippen molar-refractivity contribution in [2.45, 2.75) is 50.5 Å². The van der Waals surface area contributed by atoms with Gasteiger partial charge in [0.2, 0.25) is 10.0 Å².